The summed E-state index contributed by atoms with van der Waals surface area (Å²) in [5.74, 6) is 1.70. The number of nitrogens with zero attached hydrogens (tertiary/aromatic N) is 1. The number of rotatable bonds is 10. The Labute approximate surface area is 256 Å². The molecule has 4 aliphatic rings. The van der Waals surface area contributed by atoms with E-state index in [0.717, 1.165) is 50.7 Å². The van der Waals surface area contributed by atoms with Gasteiger partial charge in [0.05, 0.1) is 5.71 Å². The van der Waals surface area contributed by atoms with Gasteiger partial charge >= 0.3 is 5.97 Å². The summed E-state index contributed by atoms with van der Waals surface area (Å²) in [5, 5.41) is 30.3. The number of carboxylic acids is 1. The highest BCUT2D eigenvalue weighted by molar-refractivity contribution is 5.96. The molecule has 9 atom stereocenters. The average Bonchev–Trinajstić information content (AvgIpc) is 3.24. The topological polar surface area (TPSA) is 137 Å². The Morgan fingerprint density at radius 2 is 1.77 bits per heavy atom. The molecule has 43 heavy (non-hydrogen) atoms. The molecule has 0 saturated heterocycles. The molecule has 0 aromatic rings. The molecule has 0 bridgehead atoms. The van der Waals surface area contributed by atoms with Crippen LogP contribution in [-0.2, 0) is 19.2 Å². The Morgan fingerprint density at radius 1 is 1.07 bits per heavy atom. The third-order valence-corrected chi connectivity index (χ3v) is 11.8. The molecule has 0 heterocycles. The molecule has 9 nitrogen and oxygen atoms in total. The number of oxime groups is 1. The molecule has 0 spiro atoms. The number of aliphatic carboxylic acids is 1. The van der Waals surface area contributed by atoms with Gasteiger partial charge in [0.1, 0.15) is 17.7 Å². The van der Waals surface area contributed by atoms with Crippen LogP contribution >= 0.6 is 0 Å². The zero-order chi connectivity index (χ0) is 31.7. The van der Waals surface area contributed by atoms with Crippen LogP contribution in [0.5, 0.6) is 0 Å². The lowest BCUT2D eigenvalue weighted by atomic mass is 9.46. The molecule has 2 amide bonds. The zero-order valence-electron chi connectivity index (χ0n) is 26.7. The monoisotopic (exact) mass is 597 g/mol. The normalized spacial score (nSPS) is 36.2. The van der Waals surface area contributed by atoms with Crippen molar-refractivity contribution in [1.29, 1.82) is 0 Å². The minimum atomic E-state index is -1.10. The van der Waals surface area contributed by atoms with Gasteiger partial charge in [0.15, 0.2) is 6.61 Å². The van der Waals surface area contributed by atoms with Gasteiger partial charge in [-0.25, -0.2) is 4.79 Å². The van der Waals surface area contributed by atoms with E-state index in [9.17, 15) is 24.6 Å². The molecule has 0 aromatic carbocycles. The lowest BCUT2D eigenvalue weighted by molar-refractivity contribution is -0.144. The summed E-state index contributed by atoms with van der Waals surface area (Å²) in [4.78, 5) is 42.7. The molecule has 4 rings (SSSR count). The number of fused-ring (bicyclic) bond motifs is 5. The van der Waals surface area contributed by atoms with Crippen molar-refractivity contribution in [3.05, 3.63) is 11.6 Å². The predicted octanol–water partition coefficient (Wildman–Crippen LogP) is 4.44. The largest absolute Gasteiger partial charge is 0.480 e. The number of nitrogens with one attached hydrogen (secondary N) is 2. The Balaban J connectivity index is 1.35. The molecule has 3 saturated carbocycles. The van der Waals surface area contributed by atoms with E-state index < -0.39 is 35.5 Å². The van der Waals surface area contributed by atoms with E-state index in [1.54, 1.807) is 20.8 Å². The maximum Gasteiger partial charge on any atom is 0.326 e. The summed E-state index contributed by atoms with van der Waals surface area (Å²) in [5.41, 5.74) is 1.09. The van der Waals surface area contributed by atoms with Crippen molar-refractivity contribution in [1.82, 2.24) is 10.6 Å². The molecule has 0 aromatic heterocycles. The highest BCUT2D eigenvalue weighted by Gasteiger charge is 2.63. The highest BCUT2D eigenvalue weighted by Crippen LogP contribution is 2.67. The quantitative estimate of drug-likeness (QED) is 0.217. The summed E-state index contributed by atoms with van der Waals surface area (Å²) >= 11 is 0. The third-order valence-electron chi connectivity index (χ3n) is 11.8. The van der Waals surface area contributed by atoms with Crippen LogP contribution in [0.15, 0.2) is 16.8 Å². The minimum absolute atomic E-state index is 0.0818. The lowest BCUT2D eigenvalue weighted by Crippen LogP contribution is -2.55. The molecule has 0 aliphatic heterocycles. The van der Waals surface area contributed by atoms with Gasteiger partial charge in [-0.05, 0) is 92.4 Å². The van der Waals surface area contributed by atoms with Crippen molar-refractivity contribution >= 4 is 23.5 Å². The predicted molar refractivity (Wildman–Crippen MR) is 165 cm³/mol. The Hall–Kier alpha value is -2.86. The molecule has 9 heteroatoms. The summed E-state index contributed by atoms with van der Waals surface area (Å²) in [6.07, 6.45) is 16.1. The number of amides is 2. The van der Waals surface area contributed by atoms with Gasteiger partial charge < -0.3 is 25.7 Å². The Bertz CT molecular complexity index is 1200. The van der Waals surface area contributed by atoms with E-state index in [1.807, 2.05) is 6.92 Å². The molecule has 4 aliphatic carbocycles. The van der Waals surface area contributed by atoms with Gasteiger partial charge in [-0.2, -0.15) is 0 Å². The van der Waals surface area contributed by atoms with Gasteiger partial charge in [0, 0.05) is 5.41 Å². The summed E-state index contributed by atoms with van der Waals surface area (Å²) in [6, 6.07) is -1.92. The van der Waals surface area contributed by atoms with Crippen LogP contribution in [0, 0.1) is 52.8 Å². The fourth-order valence-electron chi connectivity index (χ4n) is 8.75. The summed E-state index contributed by atoms with van der Waals surface area (Å²) in [7, 11) is 0. The highest BCUT2D eigenvalue weighted by atomic mass is 16.6. The molecule has 6 unspecified atom stereocenters. The van der Waals surface area contributed by atoms with Crippen molar-refractivity contribution in [2.75, 3.05) is 6.61 Å². The number of hydrogen-bond acceptors (Lipinski definition) is 6. The number of carbonyl (C=O) groups is 3. The van der Waals surface area contributed by atoms with E-state index in [-0.39, 0.29) is 29.3 Å². The van der Waals surface area contributed by atoms with Crippen molar-refractivity contribution in [2.45, 2.75) is 117 Å². The smallest absolute Gasteiger partial charge is 0.326 e. The first-order valence-corrected chi connectivity index (χ1v) is 16.1. The Morgan fingerprint density at radius 3 is 2.40 bits per heavy atom. The van der Waals surface area contributed by atoms with Crippen LogP contribution in [0.2, 0.25) is 0 Å². The second kappa shape index (κ2) is 12.6. The first-order chi connectivity index (χ1) is 20.2. The zero-order valence-corrected chi connectivity index (χ0v) is 26.7. The molecular weight excluding hydrogens is 546 g/mol. The van der Waals surface area contributed by atoms with Crippen LogP contribution in [0.25, 0.3) is 0 Å². The number of carboxylic acid groups (broad SMARTS) is 1. The third kappa shape index (κ3) is 6.09. The molecule has 4 N–H and O–H groups in total. The number of allylic oxidation sites excluding steroid dienone is 2. The fourth-order valence-corrected chi connectivity index (χ4v) is 8.75. The summed E-state index contributed by atoms with van der Waals surface area (Å²) < 4.78 is 0. The minimum Gasteiger partial charge on any atom is -0.480 e. The molecule has 3 fully saturated rings. The number of hydrogen-bond donors (Lipinski definition) is 4. The van der Waals surface area contributed by atoms with Crippen LogP contribution < -0.4 is 10.6 Å². The lowest BCUT2D eigenvalue weighted by Gasteiger charge is -2.58. The fraction of sp³-hybridized carbons (Fsp3) is 0.765. The standard InChI is InChI=1S/C34H51N3O6/c1-8-21(5)29(31(40)41)36-30(39)28(20(3)4)35-27(38)19-43-37-23-12-15-32(6)22(18-23)10-11-24-25(32)13-16-33(7)26(24)14-17-34(33,42)9-2/h2,18,20-21,24-26,28-29,42H,8,10-17,19H2,1,3-7H3,(H,35,38)(H,36,39)(H,40,41)/t21?,24?,25?,26?,28?,29?,32-,33-,34+/m0/s1. The summed E-state index contributed by atoms with van der Waals surface area (Å²) in [6.45, 7) is 11.5. The van der Waals surface area contributed by atoms with Gasteiger partial charge in [-0.15, -0.1) is 6.42 Å². The van der Waals surface area contributed by atoms with E-state index in [0.29, 0.717) is 30.6 Å². The van der Waals surface area contributed by atoms with E-state index in [1.165, 1.54) is 5.57 Å². The number of aliphatic hydroxyl groups is 1. The van der Waals surface area contributed by atoms with Crippen molar-refractivity contribution < 1.29 is 29.4 Å². The van der Waals surface area contributed by atoms with Gasteiger partial charge in [-0.3, -0.25) is 9.59 Å². The Kier molecular flexibility index (Phi) is 9.71. The van der Waals surface area contributed by atoms with Crippen LogP contribution in [0.4, 0.5) is 0 Å². The number of terminal acetylenes is 1. The maximum atomic E-state index is 12.9. The van der Waals surface area contributed by atoms with Crippen molar-refractivity contribution in [3.8, 4) is 12.3 Å². The SMILES string of the molecule is C#C[C@@]1(O)CCC2C3CCC4=CC(=NOCC(=O)NC(C(=O)NC(C(=O)O)C(C)CC)C(C)C)CC[C@]4(C)C3CC[C@@]21C. The number of carbonyl (C=O) groups excluding carboxylic acids is 2. The van der Waals surface area contributed by atoms with Gasteiger partial charge in [0.25, 0.3) is 5.91 Å². The van der Waals surface area contributed by atoms with E-state index in [4.69, 9.17) is 11.3 Å². The molecular formula is C34H51N3O6. The van der Waals surface area contributed by atoms with Crippen LogP contribution in [0.3, 0.4) is 0 Å². The molecule has 238 valence electrons. The first kappa shape index (κ1) is 33.0. The van der Waals surface area contributed by atoms with Gasteiger partial charge in [-0.1, -0.05) is 64.6 Å². The molecule has 0 radical (unpaired) electrons. The maximum absolute atomic E-state index is 12.9. The van der Waals surface area contributed by atoms with E-state index >= 15 is 0 Å². The van der Waals surface area contributed by atoms with Crippen LogP contribution in [-0.4, -0.2) is 58.0 Å². The van der Waals surface area contributed by atoms with Crippen LogP contribution in [0.1, 0.15) is 99.3 Å². The first-order valence-electron chi connectivity index (χ1n) is 16.1. The van der Waals surface area contributed by atoms with E-state index in [2.05, 4.69) is 41.6 Å². The van der Waals surface area contributed by atoms with Gasteiger partial charge in [0.2, 0.25) is 5.91 Å². The van der Waals surface area contributed by atoms with Crippen molar-refractivity contribution in [3.63, 3.8) is 0 Å². The average molecular weight is 598 g/mol. The van der Waals surface area contributed by atoms with Crippen molar-refractivity contribution in [2.24, 2.45) is 45.6 Å². The second-order valence-electron chi connectivity index (χ2n) is 14.4. The second-order valence-corrected chi connectivity index (χ2v) is 14.4.